The molecule has 1 N–H and O–H groups in total. The van der Waals surface area contributed by atoms with Gasteiger partial charge in [0.1, 0.15) is 13.2 Å². The second-order valence-corrected chi connectivity index (χ2v) is 4.91. The van der Waals surface area contributed by atoms with Gasteiger partial charge in [0.25, 0.3) is 0 Å². The normalized spacial score (nSPS) is 22.8. The van der Waals surface area contributed by atoms with Crippen LogP contribution in [0.15, 0.2) is 6.07 Å². The Bertz CT molecular complexity index is 436. The lowest BCUT2D eigenvalue weighted by Gasteiger charge is -2.26. The predicted molar refractivity (Wildman–Crippen MR) is 66.9 cm³/mol. The number of hydrogen-bond acceptors (Lipinski definition) is 3. The molecule has 0 aliphatic carbocycles. The fraction of sp³-hybridized carbons (Fsp3) is 0.571. The number of benzene rings is 1. The maximum Gasteiger partial charge on any atom is 0.166 e. The third kappa shape index (κ3) is 1.78. The maximum absolute atomic E-state index is 5.84. The Morgan fingerprint density at radius 1 is 1.24 bits per heavy atom. The van der Waals surface area contributed by atoms with Crippen LogP contribution in [0.1, 0.15) is 35.6 Å². The summed E-state index contributed by atoms with van der Waals surface area (Å²) in [5.74, 6) is 1.89. The van der Waals surface area contributed by atoms with Gasteiger partial charge >= 0.3 is 0 Å². The van der Waals surface area contributed by atoms with Crippen LogP contribution in [0.2, 0.25) is 0 Å². The highest BCUT2D eigenvalue weighted by Gasteiger charge is 2.27. The number of nitrogens with one attached hydrogen (secondary N) is 1. The van der Waals surface area contributed by atoms with E-state index in [0.29, 0.717) is 19.3 Å². The first-order valence-electron chi connectivity index (χ1n) is 6.40. The molecule has 3 heteroatoms. The SMILES string of the molecule is Cc1cc2c(c(C3CCCN3)c1C)OCCO2. The molecule has 92 valence electrons. The van der Waals surface area contributed by atoms with Crippen molar-refractivity contribution in [3.05, 3.63) is 22.8 Å². The van der Waals surface area contributed by atoms with Gasteiger partial charge in [0.05, 0.1) is 0 Å². The second kappa shape index (κ2) is 4.22. The summed E-state index contributed by atoms with van der Waals surface area (Å²) in [6.45, 7) is 6.75. The van der Waals surface area contributed by atoms with E-state index in [9.17, 15) is 0 Å². The van der Waals surface area contributed by atoms with Crippen molar-refractivity contribution in [3.8, 4) is 11.5 Å². The molecule has 0 spiro atoms. The van der Waals surface area contributed by atoms with Gasteiger partial charge in [-0.25, -0.2) is 0 Å². The molecule has 0 radical (unpaired) electrons. The van der Waals surface area contributed by atoms with Crippen molar-refractivity contribution in [3.63, 3.8) is 0 Å². The third-order valence-corrected chi connectivity index (χ3v) is 3.81. The Labute approximate surface area is 102 Å². The lowest BCUT2D eigenvalue weighted by Crippen LogP contribution is -2.21. The first kappa shape index (κ1) is 10.9. The zero-order valence-electron chi connectivity index (χ0n) is 10.5. The Morgan fingerprint density at radius 2 is 2.06 bits per heavy atom. The van der Waals surface area contributed by atoms with Crippen molar-refractivity contribution in [1.82, 2.24) is 5.32 Å². The largest absolute Gasteiger partial charge is 0.486 e. The van der Waals surface area contributed by atoms with Crippen LogP contribution in [0.4, 0.5) is 0 Å². The molecule has 0 aromatic heterocycles. The van der Waals surface area contributed by atoms with E-state index in [2.05, 4.69) is 25.2 Å². The quantitative estimate of drug-likeness (QED) is 0.808. The molecule has 0 saturated carbocycles. The monoisotopic (exact) mass is 233 g/mol. The summed E-state index contributed by atoms with van der Waals surface area (Å²) < 4.78 is 11.5. The van der Waals surface area contributed by atoms with Gasteiger partial charge in [0, 0.05) is 11.6 Å². The predicted octanol–water partition coefficient (Wildman–Crippen LogP) is 2.50. The van der Waals surface area contributed by atoms with E-state index >= 15 is 0 Å². The lowest BCUT2D eigenvalue weighted by atomic mass is 9.94. The van der Waals surface area contributed by atoms with Crippen molar-refractivity contribution in [2.75, 3.05) is 19.8 Å². The molecule has 1 aromatic rings. The molecular formula is C14H19NO2. The number of ether oxygens (including phenoxy) is 2. The summed E-state index contributed by atoms with van der Waals surface area (Å²) in [4.78, 5) is 0. The maximum atomic E-state index is 5.84. The average molecular weight is 233 g/mol. The van der Waals surface area contributed by atoms with Gasteiger partial charge in [-0.3, -0.25) is 0 Å². The van der Waals surface area contributed by atoms with Crippen LogP contribution in [0.3, 0.4) is 0 Å². The fourth-order valence-electron chi connectivity index (χ4n) is 2.79. The molecule has 2 aliphatic heterocycles. The molecule has 2 heterocycles. The van der Waals surface area contributed by atoms with Gasteiger partial charge < -0.3 is 14.8 Å². The van der Waals surface area contributed by atoms with Crippen LogP contribution in [0.25, 0.3) is 0 Å². The van der Waals surface area contributed by atoms with Crippen molar-refractivity contribution < 1.29 is 9.47 Å². The van der Waals surface area contributed by atoms with E-state index in [1.807, 2.05) is 0 Å². The van der Waals surface area contributed by atoms with Crippen LogP contribution in [0, 0.1) is 13.8 Å². The summed E-state index contributed by atoms with van der Waals surface area (Å²) in [5.41, 5.74) is 3.95. The highest BCUT2D eigenvalue weighted by atomic mass is 16.6. The third-order valence-electron chi connectivity index (χ3n) is 3.81. The second-order valence-electron chi connectivity index (χ2n) is 4.91. The van der Waals surface area contributed by atoms with E-state index in [1.165, 1.54) is 29.5 Å². The van der Waals surface area contributed by atoms with Gasteiger partial charge in [0.2, 0.25) is 0 Å². The van der Waals surface area contributed by atoms with Crippen molar-refractivity contribution in [2.24, 2.45) is 0 Å². The molecule has 1 saturated heterocycles. The zero-order chi connectivity index (χ0) is 11.8. The van der Waals surface area contributed by atoms with Gasteiger partial charge in [-0.05, 0) is 50.4 Å². The number of rotatable bonds is 1. The molecule has 0 amide bonds. The molecule has 3 nitrogen and oxygen atoms in total. The smallest absolute Gasteiger partial charge is 0.166 e. The molecule has 0 bridgehead atoms. The molecule has 1 aromatic carbocycles. The molecule has 1 fully saturated rings. The topological polar surface area (TPSA) is 30.5 Å². The molecular weight excluding hydrogens is 214 g/mol. The highest BCUT2D eigenvalue weighted by molar-refractivity contribution is 5.56. The first-order valence-corrected chi connectivity index (χ1v) is 6.40. The molecule has 1 unspecified atom stereocenters. The Morgan fingerprint density at radius 3 is 2.82 bits per heavy atom. The van der Waals surface area contributed by atoms with Crippen LogP contribution < -0.4 is 14.8 Å². The first-order chi connectivity index (χ1) is 8.27. The van der Waals surface area contributed by atoms with E-state index in [4.69, 9.17) is 9.47 Å². The Hall–Kier alpha value is -1.22. The fourth-order valence-corrected chi connectivity index (χ4v) is 2.79. The van der Waals surface area contributed by atoms with Gasteiger partial charge in [-0.1, -0.05) is 0 Å². The van der Waals surface area contributed by atoms with Crippen molar-refractivity contribution in [2.45, 2.75) is 32.7 Å². The number of hydrogen-bond donors (Lipinski definition) is 1. The molecule has 3 rings (SSSR count). The average Bonchev–Trinajstić information content (AvgIpc) is 2.84. The van der Waals surface area contributed by atoms with E-state index in [1.54, 1.807) is 0 Å². The van der Waals surface area contributed by atoms with Gasteiger partial charge in [-0.15, -0.1) is 0 Å². The Balaban J connectivity index is 2.12. The van der Waals surface area contributed by atoms with Crippen LogP contribution in [-0.4, -0.2) is 19.8 Å². The van der Waals surface area contributed by atoms with Crippen LogP contribution in [0.5, 0.6) is 11.5 Å². The van der Waals surface area contributed by atoms with Crippen molar-refractivity contribution >= 4 is 0 Å². The molecule has 17 heavy (non-hydrogen) atoms. The highest BCUT2D eigenvalue weighted by Crippen LogP contribution is 2.42. The summed E-state index contributed by atoms with van der Waals surface area (Å²) in [6.07, 6.45) is 2.44. The molecule has 2 aliphatic rings. The van der Waals surface area contributed by atoms with E-state index in [-0.39, 0.29) is 0 Å². The summed E-state index contributed by atoms with van der Waals surface area (Å²) in [6, 6.07) is 2.53. The van der Waals surface area contributed by atoms with E-state index < -0.39 is 0 Å². The minimum atomic E-state index is 0.436. The minimum Gasteiger partial charge on any atom is -0.486 e. The van der Waals surface area contributed by atoms with Crippen molar-refractivity contribution in [1.29, 1.82) is 0 Å². The van der Waals surface area contributed by atoms with Crippen LogP contribution in [-0.2, 0) is 0 Å². The van der Waals surface area contributed by atoms with E-state index in [0.717, 1.165) is 18.0 Å². The van der Waals surface area contributed by atoms with Crippen LogP contribution >= 0.6 is 0 Å². The number of aryl methyl sites for hydroxylation is 1. The van der Waals surface area contributed by atoms with Gasteiger partial charge in [-0.2, -0.15) is 0 Å². The zero-order valence-corrected chi connectivity index (χ0v) is 10.5. The number of fused-ring (bicyclic) bond motifs is 1. The Kier molecular flexibility index (Phi) is 2.71. The standard InChI is InChI=1S/C14H19NO2/c1-9-8-12-14(17-7-6-16-12)13(10(9)2)11-4-3-5-15-11/h8,11,15H,3-7H2,1-2H3. The minimum absolute atomic E-state index is 0.436. The van der Waals surface area contributed by atoms with Gasteiger partial charge in [0.15, 0.2) is 11.5 Å². The molecule has 1 atom stereocenters. The summed E-state index contributed by atoms with van der Waals surface area (Å²) in [7, 11) is 0. The lowest BCUT2D eigenvalue weighted by molar-refractivity contribution is 0.168. The summed E-state index contributed by atoms with van der Waals surface area (Å²) >= 11 is 0. The summed E-state index contributed by atoms with van der Waals surface area (Å²) in [5, 5.41) is 3.56.